The second-order valence-corrected chi connectivity index (χ2v) is 6.92. The van der Waals surface area contributed by atoms with E-state index in [1.165, 1.54) is 29.5 Å². The average Bonchev–Trinajstić information content (AvgIpc) is 3.41. The fraction of sp³-hybridized carbons (Fsp3) is 0.381. The Balaban J connectivity index is 1.76. The van der Waals surface area contributed by atoms with Crippen molar-refractivity contribution < 1.29 is 4.79 Å². The lowest BCUT2D eigenvalue weighted by molar-refractivity contribution is 0.181. The van der Waals surface area contributed by atoms with Crippen LogP contribution in [0.4, 0.5) is 10.5 Å². The average molecular weight is 322 g/mol. The number of nitrogens with zero attached hydrogens (tertiary/aromatic N) is 1. The second kappa shape index (κ2) is 7.08. The van der Waals surface area contributed by atoms with Crippen LogP contribution >= 0.6 is 0 Å². The normalized spacial score (nSPS) is 15.0. The number of carbonyl (C=O) groups excluding carboxylic acids is 1. The number of urea groups is 1. The summed E-state index contributed by atoms with van der Waals surface area (Å²) in [7, 11) is 0. The van der Waals surface area contributed by atoms with Crippen molar-refractivity contribution in [3.05, 3.63) is 65.2 Å². The number of rotatable bonds is 5. The summed E-state index contributed by atoms with van der Waals surface area (Å²) in [5, 5.41) is 3.08. The van der Waals surface area contributed by atoms with E-state index in [2.05, 4.69) is 44.3 Å². The van der Waals surface area contributed by atoms with Crippen LogP contribution in [0.25, 0.3) is 0 Å². The van der Waals surface area contributed by atoms with Crippen molar-refractivity contribution in [2.75, 3.05) is 5.32 Å². The molecule has 1 unspecified atom stereocenters. The van der Waals surface area contributed by atoms with Crippen LogP contribution in [0.3, 0.4) is 0 Å². The van der Waals surface area contributed by atoms with Crippen LogP contribution < -0.4 is 5.32 Å². The lowest BCUT2D eigenvalue weighted by Crippen LogP contribution is -2.42. The molecule has 1 aliphatic rings. The van der Waals surface area contributed by atoms with Gasteiger partial charge in [0.1, 0.15) is 0 Å². The Morgan fingerprint density at radius 2 is 1.83 bits per heavy atom. The third kappa shape index (κ3) is 3.97. The largest absolute Gasteiger partial charge is 0.322 e. The number of hydrogen-bond acceptors (Lipinski definition) is 1. The molecule has 2 aromatic carbocycles. The summed E-state index contributed by atoms with van der Waals surface area (Å²) < 4.78 is 0. The Morgan fingerprint density at radius 3 is 2.46 bits per heavy atom. The van der Waals surface area contributed by atoms with Gasteiger partial charge in [-0.15, -0.1) is 0 Å². The van der Waals surface area contributed by atoms with E-state index in [0.29, 0.717) is 12.5 Å². The highest BCUT2D eigenvalue weighted by Gasteiger charge is 2.34. The SMILES string of the molecule is Cc1ccc(NC(=O)N(Cc2ccccc2)C(C)C2CC2)cc1C. The standard InChI is InChI=1S/C21H26N2O/c1-15-9-12-20(13-16(15)2)22-21(24)23(17(3)19-10-11-19)14-18-7-5-4-6-8-18/h4-9,12-13,17,19H,10-11,14H2,1-3H3,(H,22,24). The highest BCUT2D eigenvalue weighted by atomic mass is 16.2. The first-order valence-corrected chi connectivity index (χ1v) is 8.73. The van der Waals surface area contributed by atoms with Gasteiger partial charge < -0.3 is 10.2 Å². The predicted octanol–water partition coefficient (Wildman–Crippen LogP) is 5.14. The Kier molecular flexibility index (Phi) is 4.89. The Bertz CT molecular complexity index is 707. The van der Waals surface area contributed by atoms with Crippen LogP contribution in [0, 0.1) is 19.8 Å². The molecule has 0 heterocycles. The third-order valence-corrected chi connectivity index (χ3v) is 5.01. The summed E-state index contributed by atoms with van der Waals surface area (Å²) in [5.74, 6) is 0.638. The Hall–Kier alpha value is -2.29. The molecular weight excluding hydrogens is 296 g/mol. The minimum Gasteiger partial charge on any atom is -0.317 e. The molecule has 0 aliphatic heterocycles. The van der Waals surface area contributed by atoms with Crippen molar-refractivity contribution in [2.24, 2.45) is 5.92 Å². The number of hydrogen-bond donors (Lipinski definition) is 1. The van der Waals surface area contributed by atoms with Gasteiger partial charge >= 0.3 is 6.03 Å². The number of carbonyl (C=O) groups is 1. The minimum atomic E-state index is -0.0125. The Labute approximate surface area is 144 Å². The van der Waals surface area contributed by atoms with Gasteiger partial charge in [-0.3, -0.25) is 0 Å². The molecule has 24 heavy (non-hydrogen) atoms. The molecule has 0 radical (unpaired) electrons. The van der Waals surface area contributed by atoms with Crippen LogP contribution in [0.5, 0.6) is 0 Å². The second-order valence-electron chi connectivity index (χ2n) is 6.92. The van der Waals surface area contributed by atoms with E-state index in [0.717, 1.165) is 5.69 Å². The highest BCUT2D eigenvalue weighted by molar-refractivity contribution is 5.89. The van der Waals surface area contributed by atoms with Gasteiger partial charge in [0.05, 0.1) is 0 Å². The van der Waals surface area contributed by atoms with Gasteiger partial charge in [-0.05, 0) is 68.4 Å². The van der Waals surface area contributed by atoms with Crippen LogP contribution in [0.15, 0.2) is 48.5 Å². The van der Waals surface area contributed by atoms with E-state index in [-0.39, 0.29) is 12.1 Å². The first-order chi connectivity index (χ1) is 11.5. The number of aryl methyl sites for hydroxylation is 2. The number of benzene rings is 2. The van der Waals surface area contributed by atoms with E-state index in [4.69, 9.17) is 0 Å². The number of amides is 2. The summed E-state index contributed by atoms with van der Waals surface area (Å²) in [6, 6.07) is 16.5. The molecule has 2 aromatic rings. The van der Waals surface area contributed by atoms with Gasteiger partial charge in [0, 0.05) is 18.3 Å². The van der Waals surface area contributed by atoms with E-state index < -0.39 is 0 Å². The topological polar surface area (TPSA) is 32.3 Å². The van der Waals surface area contributed by atoms with E-state index in [1.54, 1.807) is 0 Å². The quantitative estimate of drug-likeness (QED) is 0.812. The van der Waals surface area contributed by atoms with Crippen LogP contribution in [-0.4, -0.2) is 17.0 Å². The molecule has 1 saturated carbocycles. The molecule has 0 spiro atoms. The van der Waals surface area contributed by atoms with Crippen molar-refractivity contribution in [3.8, 4) is 0 Å². The highest BCUT2D eigenvalue weighted by Crippen LogP contribution is 2.36. The van der Waals surface area contributed by atoms with Gasteiger partial charge in [0.25, 0.3) is 0 Å². The maximum absolute atomic E-state index is 12.9. The van der Waals surface area contributed by atoms with Crippen molar-refractivity contribution >= 4 is 11.7 Å². The van der Waals surface area contributed by atoms with Crippen molar-refractivity contribution in [3.63, 3.8) is 0 Å². The maximum Gasteiger partial charge on any atom is 0.322 e. The lowest BCUT2D eigenvalue weighted by atomic mass is 10.1. The first kappa shape index (κ1) is 16.6. The lowest BCUT2D eigenvalue weighted by Gasteiger charge is -2.30. The molecule has 126 valence electrons. The van der Waals surface area contributed by atoms with Crippen LogP contribution in [-0.2, 0) is 6.54 Å². The molecule has 2 amide bonds. The molecule has 0 aromatic heterocycles. The predicted molar refractivity (Wildman–Crippen MR) is 99.1 cm³/mol. The molecule has 1 N–H and O–H groups in total. The molecule has 3 rings (SSSR count). The molecule has 0 bridgehead atoms. The van der Waals surface area contributed by atoms with Gasteiger partial charge in [0.15, 0.2) is 0 Å². The zero-order valence-electron chi connectivity index (χ0n) is 14.8. The molecule has 3 heteroatoms. The fourth-order valence-electron chi connectivity index (χ4n) is 3.03. The summed E-state index contributed by atoms with van der Waals surface area (Å²) in [6.45, 7) is 6.97. The zero-order valence-corrected chi connectivity index (χ0v) is 14.8. The number of anilines is 1. The van der Waals surface area contributed by atoms with E-state index in [9.17, 15) is 4.79 Å². The fourth-order valence-corrected chi connectivity index (χ4v) is 3.03. The summed E-state index contributed by atoms with van der Waals surface area (Å²) >= 11 is 0. The summed E-state index contributed by atoms with van der Waals surface area (Å²) in [5.41, 5.74) is 4.46. The molecule has 1 atom stereocenters. The van der Waals surface area contributed by atoms with E-state index >= 15 is 0 Å². The molecule has 3 nitrogen and oxygen atoms in total. The molecule has 1 aliphatic carbocycles. The van der Waals surface area contributed by atoms with Crippen molar-refractivity contribution in [2.45, 2.75) is 46.2 Å². The van der Waals surface area contributed by atoms with Crippen LogP contribution in [0.2, 0.25) is 0 Å². The molecular formula is C21H26N2O. The van der Waals surface area contributed by atoms with Gasteiger partial charge in [-0.2, -0.15) is 0 Å². The zero-order chi connectivity index (χ0) is 17.1. The van der Waals surface area contributed by atoms with Gasteiger partial charge in [-0.25, -0.2) is 4.79 Å². The third-order valence-electron chi connectivity index (χ3n) is 5.01. The maximum atomic E-state index is 12.9. The molecule has 1 fully saturated rings. The van der Waals surface area contributed by atoms with Gasteiger partial charge in [-0.1, -0.05) is 36.4 Å². The monoisotopic (exact) mass is 322 g/mol. The molecule has 0 saturated heterocycles. The first-order valence-electron chi connectivity index (χ1n) is 8.73. The summed E-state index contributed by atoms with van der Waals surface area (Å²) in [4.78, 5) is 14.9. The van der Waals surface area contributed by atoms with Crippen molar-refractivity contribution in [1.82, 2.24) is 4.90 Å². The van der Waals surface area contributed by atoms with E-state index in [1.807, 2.05) is 35.2 Å². The smallest absolute Gasteiger partial charge is 0.317 e. The minimum absolute atomic E-state index is 0.0125. The van der Waals surface area contributed by atoms with Crippen molar-refractivity contribution in [1.29, 1.82) is 0 Å². The summed E-state index contributed by atoms with van der Waals surface area (Å²) in [6.07, 6.45) is 2.45. The Morgan fingerprint density at radius 1 is 1.12 bits per heavy atom. The van der Waals surface area contributed by atoms with Gasteiger partial charge in [0.2, 0.25) is 0 Å². The number of nitrogens with one attached hydrogen (secondary N) is 1. The van der Waals surface area contributed by atoms with Crippen LogP contribution in [0.1, 0.15) is 36.5 Å².